The molecule has 0 aliphatic heterocycles. The largest absolute Gasteiger partial charge is 0.573 e. The lowest BCUT2D eigenvalue weighted by Crippen LogP contribution is -2.26. The van der Waals surface area contributed by atoms with Gasteiger partial charge in [0.2, 0.25) is 10.0 Å². The molecule has 2 aromatic carbocycles. The number of alkyl halides is 3. The van der Waals surface area contributed by atoms with Crippen LogP contribution in [0, 0.1) is 0 Å². The second kappa shape index (κ2) is 7.67. The van der Waals surface area contributed by atoms with Crippen molar-refractivity contribution in [2.24, 2.45) is 0 Å². The van der Waals surface area contributed by atoms with Crippen molar-refractivity contribution in [3.05, 3.63) is 54.1 Å². The van der Waals surface area contributed by atoms with Gasteiger partial charge in [0.25, 0.3) is 0 Å². The zero-order valence-electron chi connectivity index (χ0n) is 13.4. The predicted molar refractivity (Wildman–Crippen MR) is 90.0 cm³/mol. The topological polar surface area (TPSA) is 46.6 Å². The van der Waals surface area contributed by atoms with Crippen LogP contribution in [0.5, 0.6) is 5.75 Å². The van der Waals surface area contributed by atoms with E-state index in [1.165, 1.54) is 19.2 Å². The molecule has 2 rings (SSSR count). The third kappa shape index (κ3) is 5.38. The summed E-state index contributed by atoms with van der Waals surface area (Å²) < 4.78 is 66.9. The van der Waals surface area contributed by atoms with Crippen molar-refractivity contribution in [2.75, 3.05) is 13.3 Å². The number of benzene rings is 2. The Morgan fingerprint density at radius 1 is 1.12 bits per heavy atom. The van der Waals surface area contributed by atoms with Gasteiger partial charge >= 0.3 is 6.36 Å². The highest BCUT2D eigenvalue weighted by Gasteiger charge is 2.31. The van der Waals surface area contributed by atoms with Crippen LogP contribution in [0.1, 0.15) is 5.56 Å². The van der Waals surface area contributed by atoms with E-state index in [4.69, 9.17) is 0 Å². The number of rotatable bonds is 6. The third-order valence-electron chi connectivity index (χ3n) is 3.31. The van der Waals surface area contributed by atoms with Crippen molar-refractivity contribution in [2.45, 2.75) is 22.7 Å². The summed E-state index contributed by atoms with van der Waals surface area (Å²) in [5.74, 6) is -0.578. The fourth-order valence-corrected chi connectivity index (χ4v) is 3.69. The Hall–Kier alpha value is -1.71. The first-order chi connectivity index (χ1) is 11.6. The number of thioether (sulfide) groups is 1. The van der Waals surface area contributed by atoms with Gasteiger partial charge in [0.15, 0.2) is 0 Å². The number of hydrogen-bond donors (Lipinski definition) is 0. The first-order valence-corrected chi connectivity index (χ1v) is 9.73. The summed E-state index contributed by atoms with van der Waals surface area (Å²) in [5, 5.41) is 0. The lowest BCUT2D eigenvalue weighted by atomic mass is 10.2. The maximum absolute atomic E-state index is 12.6. The summed E-state index contributed by atoms with van der Waals surface area (Å²) in [6.07, 6.45) is -2.95. The number of sulfonamides is 1. The maximum Gasteiger partial charge on any atom is 0.573 e. The van der Waals surface area contributed by atoms with Crippen LogP contribution in [0.3, 0.4) is 0 Å². The number of hydrogen-bond acceptors (Lipinski definition) is 4. The van der Waals surface area contributed by atoms with Crippen molar-refractivity contribution in [3.8, 4) is 5.75 Å². The fraction of sp³-hybridized carbons (Fsp3) is 0.250. The Kier molecular flexibility index (Phi) is 6.02. The van der Waals surface area contributed by atoms with Crippen molar-refractivity contribution in [1.82, 2.24) is 4.31 Å². The van der Waals surface area contributed by atoms with E-state index in [1.807, 2.05) is 18.4 Å². The normalized spacial score (nSPS) is 12.4. The van der Waals surface area contributed by atoms with Gasteiger partial charge < -0.3 is 4.74 Å². The molecule has 0 aliphatic carbocycles. The highest BCUT2D eigenvalue weighted by Crippen LogP contribution is 2.26. The second-order valence-electron chi connectivity index (χ2n) is 5.13. The minimum atomic E-state index is -4.88. The minimum Gasteiger partial charge on any atom is -0.406 e. The monoisotopic (exact) mass is 391 g/mol. The standard InChI is InChI=1S/C16H16F3NO3S2/c1-20(11-12-6-8-14(24-2)9-7-12)25(21,22)15-5-3-4-13(10-15)23-16(17,18)19/h3-10H,11H2,1-2H3. The van der Waals surface area contributed by atoms with E-state index >= 15 is 0 Å². The molecule has 136 valence electrons. The van der Waals surface area contributed by atoms with E-state index in [-0.39, 0.29) is 11.4 Å². The third-order valence-corrected chi connectivity index (χ3v) is 5.85. The molecule has 0 fully saturated rings. The molecule has 0 aromatic heterocycles. The summed E-state index contributed by atoms with van der Waals surface area (Å²) in [5.41, 5.74) is 0.770. The zero-order valence-corrected chi connectivity index (χ0v) is 15.1. The molecule has 9 heteroatoms. The molecule has 0 radical (unpaired) electrons. The highest BCUT2D eigenvalue weighted by atomic mass is 32.2. The molecule has 0 saturated carbocycles. The van der Waals surface area contributed by atoms with Crippen LogP contribution >= 0.6 is 11.8 Å². The number of nitrogens with zero attached hydrogens (tertiary/aromatic N) is 1. The van der Waals surface area contributed by atoms with Crippen LogP contribution in [0.15, 0.2) is 58.3 Å². The lowest BCUT2D eigenvalue weighted by molar-refractivity contribution is -0.274. The van der Waals surface area contributed by atoms with Gasteiger partial charge in [-0.2, -0.15) is 4.31 Å². The molecule has 0 bridgehead atoms. The average Bonchev–Trinajstić information content (AvgIpc) is 2.54. The van der Waals surface area contributed by atoms with Crippen molar-refractivity contribution >= 4 is 21.8 Å². The van der Waals surface area contributed by atoms with Gasteiger partial charge in [-0.25, -0.2) is 8.42 Å². The summed E-state index contributed by atoms with van der Waals surface area (Å²) >= 11 is 1.57. The molecule has 0 N–H and O–H groups in total. The number of halogens is 3. The van der Waals surface area contributed by atoms with Crippen molar-refractivity contribution < 1.29 is 26.3 Å². The van der Waals surface area contributed by atoms with E-state index in [1.54, 1.807) is 23.9 Å². The zero-order chi connectivity index (χ0) is 18.7. The van der Waals surface area contributed by atoms with E-state index in [0.29, 0.717) is 0 Å². The van der Waals surface area contributed by atoms with Crippen LogP contribution in [0.25, 0.3) is 0 Å². The number of ether oxygens (including phenoxy) is 1. The summed E-state index contributed by atoms with van der Waals surface area (Å²) in [6.45, 7) is 0.0986. The molecular weight excluding hydrogens is 375 g/mol. The smallest absolute Gasteiger partial charge is 0.406 e. The summed E-state index contributed by atoms with van der Waals surface area (Å²) in [4.78, 5) is 0.781. The molecule has 0 aliphatic rings. The van der Waals surface area contributed by atoms with Crippen LogP contribution in [-0.4, -0.2) is 32.4 Å². The van der Waals surface area contributed by atoms with E-state index in [0.717, 1.165) is 26.9 Å². The SMILES string of the molecule is CSc1ccc(CN(C)S(=O)(=O)c2cccc(OC(F)(F)F)c2)cc1. The molecule has 25 heavy (non-hydrogen) atoms. The molecule has 0 heterocycles. The van der Waals surface area contributed by atoms with Crippen LogP contribution in [0.4, 0.5) is 13.2 Å². The Bertz CT molecular complexity index is 821. The molecule has 0 atom stereocenters. The molecule has 0 saturated heterocycles. The summed E-state index contributed by atoms with van der Waals surface area (Å²) in [7, 11) is -2.58. The van der Waals surface area contributed by atoms with Gasteiger partial charge in [0.05, 0.1) is 4.90 Å². The predicted octanol–water partition coefficient (Wildman–Crippen LogP) is 4.13. The van der Waals surface area contributed by atoms with E-state index in [2.05, 4.69) is 4.74 Å². The van der Waals surface area contributed by atoms with Crippen molar-refractivity contribution in [3.63, 3.8) is 0 Å². The Labute approximate surface area is 148 Å². The maximum atomic E-state index is 12.6. The molecule has 0 unspecified atom stereocenters. The molecular formula is C16H16F3NO3S2. The molecule has 0 amide bonds. The molecule has 0 spiro atoms. The van der Waals surface area contributed by atoms with E-state index < -0.39 is 22.1 Å². The first-order valence-electron chi connectivity index (χ1n) is 7.07. The molecule has 4 nitrogen and oxygen atoms in total. The van der Waals surface area contributed by atoms with Gasteiger partial charge in [-0.1, -0.05) is 18.2 Å². The van der Waals surface area contributed by atoms with Crippen LogP contribution in [-0.2, 0) is 16.6 Å². The fourth-order valence-electron chi connectivity index (χ4n) is 2.08. The lowest BCUT2D eigenvalue weighted by Gasteiger charge is -2.18. The van der Waals surface area contributed by atoms with E-state index in [9.17, 15) is 21.6 Å². The minimum absolute atomic E-state index is 0.0986. The Morgan fingerprint density at radius 2 is 1.76 bits per heavy atom. The van der Waals surface area contributed by atoms with Crippen LogP contribution < -0.4 is 4.74 Å². The quantitative estimate of drug-likeness (QED) is 0.695. The molecule has 2 aromatic rings. The van der Waals surface area contributed by atoms with Gasteiger partial charge in [-0.3, -0.25) is 0 Å². The average molecular weight is 391 g/mol. The van der Waals surface area contributed by atoms with Gasteiger partial charge in [-0.15, -0.1) is 24.9 Å². The second-order valence-corrected chi connectivity index (χ2v) is 8.06. The Morgan fingerprint density at radius 3 is 2.32 bits per heavy atom. The van der Waals surface area contributed by atoms with Crippen LogP contribution in [0.2, 0.25) is 0 Å². The Balaban J connectivity index is 2.20. The summed E-state index contributed by atoms with van der Waals surface area (Å²) in [6, 6.07) is 11.7. The van der Waals surface area contributed by atoms with Gasteiger partial charge in [-0.05, 0) is 36.1 Å². The highest BCUT2D eigenvalue weighted by molar-refractivity contribution is 7.98. The first kappa shape index (κ1) is 19.6. The van der Waals surface area contributed by atoms with Gasteiger partial charge in [0.1, 0.15) is 5.75 Å². The van der Waals surface area contributed by atoms with Crippen molar-refractivity contribution in [1.29, 1.82) is 0 Å². The van der Waals surface area contributed by atoms with Gasteiger partial charge in [0, 0.05) is 24.6 Å².